The van der Waals surface area contributed by atoms with Gasteiger partial charge in [-0.2, -0.15) is 4.98 Å². The summed E-state index contributed by atoms with van der Waals surface area (Å²) in [6, 6.07) is 19.0. The second-order valence-electron chi connectivity index (χ2n) is 7.34. The molecule has 0 fully saturated rings. The molecule has 4 aromatic rings. The fourth-order valence-electron chi connectivity index (χ4n) is 3.08. The largest absolute Gasteiger partial charge is 0.447 e. The molecule has 8 heteroatoms. The summed E-state index contributed by atoms with van der Waals surface area (Å²) in [6.07, 6.45) is -1.02. The molecular formula is C24H22N4O3S. The minimum Gasteiger partial charge on any atom is -0.447 e. The Morgan fingerprint density at radius 1 is 1.06 bits per heavy atom. The van der Waals surface area contributed by atoms with Gasteiger partial charge in [-0.25, -0.2) is 9.48 Å². The van der Waals surface area contributed by atoms with Crippen LogP contribution in [0.1, 0.15) is 28.7 Å². The van der Waals surface area contributed by atoms with Crippen molar-refractivity contribution in [1.82, 2.24) is 14.8 Å². The van der Waals surface area contributed by atoms with Gasteiger partial charge in [-0.3, -0.25) is 4.79 Å². The predicted octanol–water partition coefficient (Wildman–Crippen LogP) is 4.80. The van der Waals surface area contributed by atoms with Crippen LogP contribution < -0.4 is 5.32 Å². The Morgan fingerprint density at radius 2 is 1.84 bits per heavy atom. The number of ether oxygens (including phenoxy) is 1. The van der Waals surface area contributed by atoms with Crippen LogP contribution in [0.15, 0.2) is 66.0 Å². The summed E-state index contributed by atoms with van der Waals surface area (Å²) in [5, 5.41) is 9.10. The van der Waals surface area contributed by atoms with Crippen LogP contribution >= 0.6 is 11.3 Å². The number of aryl methyl sites for hydroxylation is 2. The second kappa shape index (κ2) is 9.15. The van der Waals surface area contributed by atoms with Gasteiger partial charge in [0.15, 0.2) is 11.9 Å². The minimum atomic E-state index is -1.02. The van der Waals surface area contributed by atoms with E-state index in [0.717, 1.165) is 21.7 Å². The van der Waals surface area contributed by atoms with E-state index in [2.05, 4.69) is 15.4 Å². The normalized spacial score (nSPS) is 11.7. The molecule has 2 aromatic carbocycles. The SMILES string of the molecule is Cc1ccc(C)c(NC(=O)C(C)OC(=O)c2nc(-c3cccs3)n(-c3ccccc3)n2)c1. The first kappa shape index (κ1) is 21.5. The maximum absolute atomic E-state index is 12.8. The van der Waals surface area contributed by atoms with Crippen LogP contribution in [0, 0.1) is 13.8 Å². The quantitative estimate of drug-likeness (QED) is 0.430. The van der Waals surface area contributed by atoms with E-state index in [1.165, 1.54) is 18.3 Å². The number of para-hydroxylation sites is 1. The third-order valence-corrected chi connectivity index (χ3v) is 5.70. The molecule has 4 rings (SSSR count). The van der Waals surface area contributed by atoms with E-state index >= 15 is 0 Å². The van der Waals surface area contributed by atoms with E-state index in [9.17, 15) is 9.59 Å². The molecule has 0 bridgehead atoms. The first-order valence-electron chi connectivity index (χ1n) is 10.1. The first-order valence-corrected chi connectivity index (χ1v) is 11.0. The fourth-order valence-corrected chi connectivity index (χ4v) is 3.78. The molecule has 0 aliphatic rings. The summed E-state index contributed by atoms with van der Waals surface area (Å²) in [7, 11) is 0. The highest BCUT2D eigenvalue weighted by Gasteiger charge is 2.25. The smallest absolute Gasteiger partial charge is 0.379 e. The first-order chi connectivity index (χ1) is 15.4. The van der Waals surface area contributed by atoms with Crippen molar-refractivity contribution in [3.05, 3.63) is 83.0 Å². The van der Waals surface area contributed by atoms with E-state index in [1.54, 1.807) is 4.68 Å². The topological polar surface area (TPSA) is 86.1 Å². The van der Waals surface area contributed by atoms with Gasteiger partial charge < -0.3 is 10.1 Å². The van der Waals surface area contributed by atoms with Gasteiger partial charge in [0.05, 0.1) is 10.6 Å². The molecule has 0 aliphatic carbocycles. The molecule has 2 heterocycles. The van der Waals surface area contributed by atoms with Crippen molar-refractivity contribution in [2.45, 2.75) is 26.9 Å². The zero-order valence-electron chi connectivity index (χ0n) is 17.9. The number of hydrogen-bond acceptors (Lipinski definition) is 6. The number of amides is 1. The molecule has 0 aliphatic heterocycles. The highest BCUT2D eigenvalue weighted by molar-refractivity contribution is 7.13. The van der Waals surface area contributed by atoms with Crippen molar-refractivity contribution in [3.63, 3.8) is 0 Å². The van der Waals surface area contributed by atoms with Gasteiger partial charge in [0.25, 0.3) is 11.7 Å². The van der Waals surface area contributed by atoms with Gasteiger partial charge >= 0.3 is 5.97 Å². The zero-order valence-corrected chi connectivity index (χ0v) is 18.7. The number of rotatable bonds is 6. The number of hydrogen-bond donors (Lipinski definition) is 1. The van der Waals surface area contributed by atoms with Gasteiger partial charge in [-0.1, -0.05) is 36.4 Å². The van der Waals surface area contributed by atoms with Gasteiger partial charge in [-0.05, 0) is 61.5 Å². The Balaban J connectivity index is 1.54. The van der Waals surface area contributed by atoms with E-state index in [-0.39, 0.29) is 5.82 Å². The lowest BCUT2D eigenvalue weighted by atomic mass is 10.1. The summed E-state index contributed by atoms with van der Waals surface area (Å²) in [5.74, 6) is -0.761. The summed E-state index contributed by atoms with van der Waals surface area (Å²) >= 11 is 1.49. The number of nitrogens with one attached hydrogen (secondary N) is 1. The molecule has 162 valence electrons. The number of aromatic nitrogens is 3. The monoisotopic (exact) mass is 446 g/mol. The number of anilines is 1. The van der Waals surface area contributed by atoms with E-state index in [0.29, 0.717) is 11.5 Å². The molecule has 32 heavy (non-hydrogen) atoms. The van der Waals surface area contributed by atoms with Crippen LogP contribution in [-0.2, 0) is 9.53 Å². The maximum atomic E-state index is 12.8. The lowest BCUT2D eigenvalue weighted by Gasteiger charge is -2.14. The molecule has 0 saturated carbocycles. The maximum Gasteiger partial charge on any atom is 0.379 e. The van der Waals surface area contributed by atoms with Crippen LogP contribution in [0.2, 0.25) is 0 Å². The van der Waals surface area contributed by atoms with Crippen LogP contribution in [0.4, 0.5) is 5.69 Å². The van der Waals surface area contributed by atoms with Crippen molar-refractivity contribution in [2.75, 3.05) is 5.32 Å². The number of carbonyl (C=O) groups excluding carboxylic acids is 2. The van der Waals surface area contributed by atoms with Crippen LogP contribution in [0.5, 0.6) is 0 Å². The Labute approximate surface area is 189 Å². The van der Waals surface area contributed by atoms with Crippen LogP contribution in [-0.4, -0.2) is 32.7 Å². The van der Waals surface area contributed by atoms with Crippen LogP contribution in [0.3, 0.4) is 0 Å². The van der Waals surface area contributed by atoms with Gasteiger partial charge in [-0.15, -0.1) is 16.4 Å². The lowest BCUT2D eigenvalue weighted by Crippen LogP contribution is -2.30. The fraction of sp³-hybridized carbons (Fsp3) is 0.167. The van der Waals surface area contributed by atoms with E-state index in [4.69, 9.17) is 4.74 Å². The zero-order chi connectivity index (χ0) is 22.7. The van der Waals surface area contributed by atoms with Gasteiger partial charge in [0.1, 0.15) is 0 Å². The van der Waals surface area contributed by atoms with Gasteiger partial charge in [0, 0.05) is 5.69 Å². The third-order valence-electron chi connectivity index (χ3n) is 4.84. The highest BCUT2D eigenvalue weighted by atomic mass is 32.1. The number of nitrogens with zero attached hydrogens (tertiary/aromatic N) is 3. The minimum absolute atomic E-state index is 0.108. The molecule has 1 unspecified atom stereocenters. The molecule has 1 amide bonds. The van der Waals surface area contributed by atoms with E-state index < -0.39 is 18.0 Å². The molecule has 0 radical (unpaired) electrons. The molecule has 2 aromatic heterocycles. The number of thiophene rings is 1. The number of esters is 1. The van der Waals surface area contributed by atoms with Crippen molar-refractivity contribution >= 4 is 28.9 Å². The Hall–Kier alpha value is -3.78. The highest BCUT2D eigenvalue weighted by Crippen LogP contribution is 2.26. The van der Waals surface area contributed by atoms with Gasteiger partial charge in [0.2, 0.25) is 0 Å². The summed E-state index contributed by atoms with van der Waals surface area (Å²) < 4.78 is 6.98. The Kier molecular flexibility index (Phi) is 6.13. The summed E-state index contributed by atoms with van der Waals surface area (Å²) in [4.78, 5) is 30.6. The lowest BCUT2D eigenvalue weighted by molar-refractivity contribution is -0.123. The average molecular weight is 447 g/mol. The molecule has 1 atom stereocenters. The summed E-state index contributed by atoms with van der Waals surface area (Å²) in [5.41, 5.74) is 3.39. The second-order valence-corrected chi connectivity index (χ2v) is 8.29. The molecule has 0 saturated heterocycles. The number of carbonyl (C=O) groups is 2. The Bertz CT molecular complexity index is 1250. The molecule has 1 N–H and O–H groups in total. The van der Waals surface area contributed by atoms with Crippen LogP contribution in [0.25, 0.3) is 16.4 Å². The molecular weight excluding hydrogens is 424 g/mol. The van der Waals surface area contributed by atoms with Crippen molar-refractivity contribution in [1.29, 1.82) is 0 Å². The summed E-state index contributed by atoms with van der Waals surface area (Å²) in [6.45, 7) is 5.36. The standard InChI is InChI=1S/C24H22N4O3S/c1-15-11-12-16(2)19(14-15)25-23(29)17(3)31-24(30)21-26-22(20-10-7-13-32-20)28(27-21)18-8-5-4-6-9-18/h4-14,17H,1-3H3,(H,25,29). The predicted molar refractivity (Wildman–Crippen MR) is 124 cm³/mol. The Morgan fingerprint density at radius 3 is 2.56 bits per heavy atom. The average Bonchev–Trinajstić information content (AvgIpc) is 3.46. The molecule has 0 spiro atoms. The van der Waals surface area contributed by atoms with Crippen molar-refractivity contribution < 1.29 is 14.3 Å². The number of benzene rings is 2. The third kappa shape index (κ3) is 4.60. The van der Waals surface area contributed by atoms with Crippen molar-refractivity contribution in [2.24, 2.45) is 0 Å². The molecule has 7 nitrogen and oxygen atoms in total. The van der Waals surface area contributed by atoms with Crippen molar-refractivity contribution in [3.8, 4) is 16.4 Å². The van der Waals surface area contributed by atoms with E-state index in [1.807, 2.05) is 79.9 Å².